The lowest BCUT2D eigenvalue weighted by molar-refractivity contribution is 0.100. The molecule has 2 amide bonds. The summed E-state index contributed by atoms with van der Waals surface area (Å²) >= 11 is 1.32. The standard InChI is InChI=1S/C22H19N5O2S/c1-13-16(12-25-27(13)17-10-6-7-11-24-17)21(29)26-22-19(20(23)28)18(14(2)30-22)15-8-4-3-5-9-15/h3-12H,1-2H3,(H2,23,28)(H,26,29). The molecule has 0 fully saturated rings. The highest BCUT2D eigenvalue weighted by atomic mass is 32.1. The van der Waals surface area contributed by atoms with Gasteiger partial charge in [-0.1, -0.05) is 36.4 Å². The highest BCUT2D eigenvalue weighted by molar-refractivity contribution is 7.17. The molecule has 0 radical (unpaired) electrons. The third-order valence-electron chi connectivity index (χ3n) is 4.74. The lowest BCUT2D eigenvalue weighted by Gasteiger charge is -2.07. The molecule has 0 saturated carbocycles. The van der Waals surface area contributed by atoms with E-state index in [4.69, 9.17) is 5.73 Å². The number of aryl methyl sites for hydroxylation is 1. The highest BCUT2D eigenvalue weighted by Crippen LogP contribution is 2.39. The van der Waals surface area contributed by atoms with Crippen molar-refractivity contribution in [2.45, 2.75) is 13.8 Å². The molecule has 3 aromatic heterocycles. The number of benzene rings is 1. The fraction of sp³-hybridized carbons (Fsp3) is 0.0909. The fourth-order valence-electron chi connectivity index (χ4n) is 3.33. The maximum atomic E-state index is 13.0. The highest BCUT2D eigenvalue weighted by Gasteiger charge is 2.24. The molecule has 0 spiro atoms. The zero-order chi connectivity index (χ0) is 21.3. The van der Waals surface area contributed by atoms with Crippen molar-refractivity contribution in [2.75, 3.05) is 5.32 Å². The smallest absolute Gasteiger partial charge is 0.259 e. The zero-order valence-corrected chi connectivity index (χ0v) is 17.2. The summed E-state index contributed by atoms with van der Waals surface area (Å²) in [6.07, 6.45) is 3.15. The van der Waals surface area contributed by atoms with Crippen molar-refractivity contribution in [1.82, 2.24) is 14.8 Å². The maximum absolute atomic E-state index is 13.0. The summed E-state index contributed by atoms with van der Waals surface area (Å²) in [4.78, 5) is 30.4. The molecule has 7 nitrogen and oxygen atoms in total. The first-order valence-corrected chi connectivity index (χ1v) is 10.0. The van der Waals surface area contributed by atoms with E-state index in [2.05, 4.69) is 15.4 Å². The number of amides is 2. The third-order valence-corrected chi connectivity index (χ3v) is 5.76. The van der Waals surface area contributed by atoms with Gasteiger partial charge in [0.05, 0.1) is 23.0 Å². The lowest BCUT2D eigenvalue weighted by atomic mass is 10.0. The van der Waals surface area contributed by atoms with E-state index in [1.54, 1.807) is 17.8 Å². The van der Waals surface area contributed by atoms with Gasteiger partial charge in [0.2, 0.25) is 0 Å². The van der Waals surface area contributed by atoms with Crippen LogP contribution in [0.15, 0.2) is 60.9 Å². The van der Waals surface area contributed by atoms with Crippen LogP contribution < -0.4 is 11.1 Å². The lowest BCUT2D eigenvalue weighted by Crippen LogP contribution is -2.18. The van der Waals surface area contributed by atoms with E-state index in [-0.39, 0.29) is 5.91 Å². The number of thiophene rings is 1. The average molecular weight is 417 g/mol. The predicted octanol–water partition coefficient (Wildman–Crippen LogP) is 3.96. The van der Waals surface area contributed by atoms with E-state index in [9.17, 15) is 9.59 Å². The number of hydrogen-bond donors (Lipinski definition) is 2. The number of anilines is 1. The zero-order valence-electron chi connectivity index (χ0n) is 16.4. The Kier molecular flexibility index (Phi) is 5.16. The van der Waals surface area contributed by atoms with Gasteiger partial charge in [0.25, 0.3) is 11.8 Å². The quantitative estimate of drug-likeness (QED) is 0.513. The van der Waals surface area contributed by atoms with Crippen LogP contribution in [0, 0.1) is 13.8 Å². The van der Waals surface area contributed by atoms with Gasteiger partial charge < -0.3 is 11.1 Å². The minimum absolute atomic E-state index is 0.312. The minimum atomic E-state index is -0.589. The van der Waals surface area contributed by atoms with Crippen LogP contribution in [0.2, 0.25) is 0 Å². The molecule has 0 aliphatic heterocycles. The van der Waals surface area contributed by atoms with Gasteiger partial charge in [-0.3, -0.25) is 9.59 Å². The summed E-state index contributed by atoms with van der Waals surface area (Å²) in [5, 5.41) is 7.56. The van der Waals surface area contributed by atoms with Gasteiger partial charge in [-0.05, 0) is 31.5 Å². The fourth-order valence-corrected chi connectivity index (χ4v) is 4.41. The van der Waals surface area contributed by atoms with Crippen LogP contribution in [0.3, 0.4) is 0 Å². The number of rotatable bonds is 5. The van der Waals surface area contributed by atoms with Crippen molar-refractivity contribution in [1.29, 1.82) is 0 Å². The van der Waals surface area contributed by atoms with Gasteiger partial charge in [-0.2, -0.15) is 5.10 Å². The van der Waals surface area contributed by atoms with E-state index in [0.717, 1.165) is 16.0 Å². The number of nitrogens with zero attached hydrogens (tertiary/aromatic N) is 3. The van der Waals surface area contributed by atoms with Gasteiger partial charge in [0.15, 0.2) is 5.82 Å². The van der Waals surface area contributed by atoms with Gasteiger partial charge in [0, 0.05) is 16.6 Å². The van der Waals surface area contributed by atoms with Crippen LogP contribution in [-0.2, 0) is 0 Å². The first kappa shape index (κ1) is 19.5. The van der Waals surface area contributed by atoms with Crippen molar-refractivity contribution in [2.24, 2.45) is 5.73 Å². The molecule has 3 N–H and O–H groups in total. The number of hydrogen-bond acceptors (Lipinski definition) is 5. The number of pyridine rings is 1. The summed E-state index contributed by atoms with van der Waals surface area (Å²) in [7, 11) is 0. The van der Waals surface area contributed by atoms with E-state index < -0.39 is 5.91 Å². The van der Waals surface area contributed by atoms with Crippen molar-refractivity contribution < 1.29 is 9.59 Å². The van der Waals surface area contributed by atoms with Crippen LogP contribution in [0.5, 0.6) is 0 Å². The molecule has 0 unspecified atom stereocenters. The number of nitrogens with two attached hydrogens (primary N) is 1. The molecule has 3 heterocycles. The van der Waals surface area contributed by atoms with Crippen LogP contribution in [0.25, 0.3) is 16.9 Å². The molecule has 0 aliphatic rings. The monoisotopic (exact) mass is 417 g/mol. The molecule has 0 bridgehead atoms. The van der Waals surface area contributed by atoms with Crippen LogP contribution >= 0.6 is 11.3 Å². The Hall–Kier alpha value is -3.78. The molecular formula is C22H19N5O2S. The summed E-state index contributed by atoms with van der Waals surface area (Å²) in [6.45, 7) is 3.69. The molecule has 0 saturated heterocycles. The summed E-state index contributed by atoms with van der Waals surface area (Å²) in [5.74, 6) is -0.336. The molecule has 8 heteroatoms. The second kappa shape index (κ2) is 7.92. The Morgan fingerprint density at radius 2 is 1.80 bits per heavy atom. The Labute approximate surface area is 177 Å². The van der Waals surface area contributed by atoms with E-state index in [1.807, 2.05) is 55.5 Å². The topological polar surface area (TPSA) is 103 Å². The summed E-state index contributed by atoms with van der Waals surface area (Å²) in [6, 6.07) is 15.0. The molecule has 0 aliphatic carbocycles. The number of primary amides is 1. The number of aromatic nitrogens is 3. The SMILES string of the molecule is Cc1sc(NC(=O)c2cnn(-c3ccccn3)c2C)c(C(N)=O)c1-c1ccccc1. The molecular weight excluding hydrogens is 398 g/mol. The Morgan fingerprint density at radius 3 is 2.47 bits per heavy atom. The first-order valence-electron chi connectivity index (χ1n) is 9.23. The molecule has 4 rings (SSSR count). The average Bonchev–Trinajstić information content (AvgIpc) is 3.29. The molecule has 150 valence electrons. The van der Waals surface area contributed by atoms with Crippen LogP contribution in [-0.4, -0.2) is 26.6 Å². The third kappa shape index (κ3) is 3.48. The summed E-state index contributed by atoms with van der Waals surface area (Å²) in [5.41, 5.74) is 8.64. The van der Waals surface area contributed by atoms with Crippen LogP contribution in [0.1, 0.15) is 31.3 Å². The predicted molar refractivity (Wildman–Crippen MR) is 117 cm³/mol. The molecule has 1 aromatic carbocycles. The van der Waals surface area contributed by atoms with Crippen molar-refractivity contribution in [3.63, 3.8) is 0 Å². The van der Waals surface area contributed by atoms with Crippen molar-refractivity contribution >= 4 is 28.2 Å². The number of carbonyl (C=O) groups excluding carboxylic acids is 2. The van der Waals surface area contributed by atoms with Crippen molar-refractivity contribution in [3.8, 4) is 16.9 Å². The molecule has 4 aromatic rings. The van der Waals surface area contributed by atoms with Gasteiger partial charge in [0.1, 0.15) is 5.00 Å². The Balaban J connectivity index is 1.70. The minimum Gasteiger partial charge on any atom is -0.365 e. The van der Waals surface area contributed by atoms with Gasteiger partial charge in [-0.15, -0.1) is 11.3 Å². The van der Waals surface area contributed by atoms with Gasteiger partial charge in [-0.25, -0.2) is 9.67 Å². The first-order chi connectivity index (χ1) is 14.5. The second-order valence-electron chi connectivity index (χ2n) is 6.67. The maximum Gasteiger partial charge on any atom is 0.259 e. The van der Waals surface area contributed by atoms with Crippen LogP contribution in [0.4, 0.5) is 5.00 Å². The Bertz CT molecular complexity index is 1230. The van der Waals surface area contributed by atoms with E-state index in [1.165, 1.54) is 17.5 Å². The Morgan fingerprint density at radius 1 is 1.07 bits per heavy atom. The summed E-state index contributed by atoms with van der Waals surface area (Å²) < 4.78 is 1.60. The van der Waals surface area contributed by atoms with Crippen molar-refractivity contribution in [3.05, 3.63) is 82.6 Å². The van der Waals surface area contributed by atoms with E-state index in [0.29, 0.717) is 27.6 Å². The van der Waals surface area contributed by atoms with E-state index >= 15 is 0 Å². The molecule has 0 atom stereocenters. The number of nitrogens with one attached hydrogen (secondary N) is 1. The number of carbonyl (C=O) groups is 2. The largest absolute Gasteiger partial charge is 0.365 e. The normalized spacial score (nSPS) is 10.7. The van der Waals surface area contributed by atoms with Gasteiger partial charge >= 0.3 is 0 Å². The second-order valence-corrected chi connectivity index (χ2v) is 7.89. The molecule has 30 heavy (non-hydrogen) atoms.